The van der Waals surface area contributed by atoms with Gasteiger partial charge in [-0.25, -0.2) is 4.39 Å². The molecule has 0 amide bonds. The summed E-state index contributed by atoms with van der Waals surface area (Å²) in [4.78, 5) is 15.8. The lowest BCUT2D eigenvalue weighted by molar-refractivity contribution is -0.134. The number of nitrogens with one attached hydrogen (secondary N) is 1. The van der Waals surface area contributed by atoms with Crippen molar-refractivity contribution in [2.45, 2.75) is 45.7 Å². The maximum atomic E-state index is 13.6. The van der Waals surface area contributed by atoms with Gasteiger partial charge in [0.1, 0.15) is 17.5 Å². The molecule has 1 aliphatic heterocycles. The lowest BCUT2D eigenvalue weighted by atomic mass is 9.95. The number of carboxylic acids is 1. The molecule has 0 saturated heterocycles. The van der Waals surface area contributed by atoms with Crippen LogP contribution in [-0.2, 0) is 4.79 Å². The number of nitrogens with zero attached hydrogens (tertiary/aromatic N) is 2. The zero-order valence-corrected chi connectivity index (χ0v) is 23.1. The standard InChI is InChI=1S/C23H28Cl2FN3OS.C2H4O2/c1-14-6-7-15(26)8-20(14)28-23(2,3)11-16-13-31-21(27-16)12-30-22-18(24)9-17(29(4)5)10-19(22)25;1-2(3)4/h6-10,16,28H,11-13H2,1-5H3;1H3,(H,3,4). The van der Waals surface area contributed by atoms with Gasteiger partial charge in [-0.05, 0) is 57.0 Å². The monoisotopic (exact) mass is 543 g/mol. The van der Waals surface area contributed by atoms with Crippen LogP contribution in [0.2, 0.25) is 10.0 Å². The van der Waals surface area contributed by atoms with E-state index in [0.29, 0.717) is 22.4 Å². The summed E-state index contributed by atoms with van der Waals surface area (Å²) in [6.07, 6.45) is 0.818. The van der Waals surface area contributed by atoms with E-state index < -0.39 is 5.97 Å². The van der Waals surface area contributed by atoms with Gasteiger partial charge in [-0.3, -0.25) is 9.79 Å². The van der Waals surface area contributed by atoms with E-state index in [4.69, 9.17) is 42.8 Å². The van der Waals surface area contributed by atoms with E-state index in [9.17, 15) is 4.39 Å². The molecule has 1 atom stereocenters. The summed E-state index contributed by atoms with van der Waals surface area (Å²) in [5.74, 6) is 0.283. The number of carbonyl (C=O) groups is 1. The molecule has 3 rings (SSSR count). The number of hydrogen-bond acceptors (Lipinski definition) is 6. The van der Waals surface area contributed by atoms with E-state index in [1.54, 1.807) is 17.8 Å². The predicted octanol–water partition coefficient (Wildman–Crippen LogP) is 6.77. The fourth-order valence-electron chi connectivity index (χ4n) is 3.46. The Balaban J connectivity index is 0.00000100. The molecule has 0 saturated carbocycles. The quantitative estimate of drug-likeness (QED) is 0.382. The molecule has 192 valence electrons. The third kappa shape index (κ3) is 9.43. The minimum atomic E-state index is -0.833. The third-order valence-corrected chi connectivity index (χ3v) is 6.70. The van der Waals surface area contributed by atoms with Crippen LogP contribution in [0.15, 0.2) is 35.3 Å². The van der Waals surface area contributed by atoms with Gasteiger partial charge in [-0.1, -0.05) is 29.3 Å². The lowest BCUT2D eigenvalue weighted by Crippen LogP contribution is -2.35. The first-order chi connectivity index (χ1) is 16.3. The van der Waals surface area contributed by atoms with E-state index in [1.807, 2.05) is 38.1 Å². The molecule has 2 N–H and O–H groups in total. The van der Waals surface area contributed by atoms with Crippen LogP contribution >= 0.6 is 35.0 Å². The van der Waals surface area contributed by atoms with Crippen molar-refractivity contribution in [3.63, 3.8) is 0 Å². The molecule has 0 aromatic heterocycles. The molecule has 35 heavy (non-hydrogen) atoms. The minimum Gasteiger partial charge on any atom is -0.484 e. The number of anilines is 2. The van der Waals surface area contributed by atoms with Gasteiger partial charge in [0.25, 0.3) is 5.97 Å². The van der Waals surface area contributed by atoms with Gasteiger partial charge in [0.2, 0.25) is 0 Å². The van der Waals surface area contributed by atoms with Crippen LogP contribution in [-0.4, -0.2) is 54.2 Å². The second-order valence-electron chi connectivity index (χ2n) is 9.10. The van der Waals surface area contributed by atoms with Crippen molar-refractivity contribution in [2.24, 2.45) is 4.99 Å². The van der Waals surface area contributed by atoms with Crippen LogP contribution in [0.5, 0.6) is 5.75 Å². The van der Waals surface area contributed by atoms with Gasteiger partial charge in [0, 0.05) is 43.7 Å². The fourth-order valence-corrected chi connectivity index (χ4v) is 4.99. The number of halogens is 3. The summed E-state index contributed by atoms with van der Waals surface area (Å²) in [5.41, 5.74) is 2.51. The highest BCUT2D eigenvalue weighted by Crippen LogP contribution is 2.37. The van der Waals surface area contributed by atoms with Gasteiger partial charge in [0.05, 0.1) is 16.1 Å². The van der Waals surface area contributed by atoms with Crippen LogP contribution < -0.4 is 15.0 Å². The van der Waals surface area contributed by atoms with E-state index >= 15 is 0 Å². The summed E-state index contributed by atoms with van der Waals surface area (Å²) >= 11 is 14.4. The van der Waals surface area contributed by atoms with E-state index in [-0.39, 0.29) is 17.4 Å². The molecular weight excluding hydrogens is 512 g/mol. The minimum absolute atomic E-state index is 0.155. The number of ether oxygens (including phenoxy) is 1. The second kappa shape index (κ2) is 12.7. The lowest BCUT2D eigenvalue weighted by Gasteiger charge is -2.30. The Hall–Kier alpha value is -2.16. The molecule has 1 aliphatic rings. The summed E-state index contributed by atoms with van der Waals surface area (Å²) in [5, 5.41) is 12.8. The van der Waals surface area contributed by atoms with Crippen molar-refractivity contribution in [3.8, 4) is 5.75 Å². The average molecular weight is 545 g/mol. The Kier molecular flexibility index (Phi) is 10.5. The van der Waals surface area contributed by atoms with E-state index in [0.717, 1.165) is 41.1 Å². The molecular formula is C25H32Cl2FN3O3S. The van der Waals surface area contributed by atoms with Crippen molar-refractivity contribution in [1.29, 1.82) is 0 Å². The third-order valence-electron chi connectivity index (χ3n) is 5.03. The van der Waals surface area contributed by atoms with Crippen molar-refractivity contribution >= 4 is 57.4 Å². The molecule has 1 unspecified atom stereocenters. The van der Waals surface area contributed by atoms with E-state index in [2.05, 4.69) is 19.2 Å². The molecule has 10 heteroatoms. The zero-order chi connectivity index (χ0) is 26.3. The molecule has 0 radical (unpaired) electrons. The second-order valence-corrected chi connectivity index (χ2v) is 11.0. The molecule has 0 fully saturated rings. The van der Waals surface area contributed by atoms with Crippen LogP contribution in [0.1, 0.15) is 32.8 Å². The Bertz CT molecular complexity index is 1050. The van der Waals surface area contributed by atoms with E-state index in [1.165, 1.54) is 12.1 Å². The smallest absolute Gasteiger partial charge is 0.300 e. The maximum absolute atomic E-state index is 13.6. The van der Waals surface area contributed by atoms with Crippen molar-refractivity contribution in [2.75, 3.05) is 36.7 Å². The summed E-state index contributed by atoms with van der Waals surface area (Å²) in [6, 6.07) is 8.62. The molecule has 2 aromatic rings. The topological polar surface area (TPSA) is 74.2 Å². The Labute approximate surface area is 220 Å². The van der Waals surface area contributed by atoms with Gasteiger partial charge < -0.3 is 20.1 Å². The highest BCUT2D eigenvalue weighted by Gasteiger charge is 2.28. The molecule has 0 bridgehead atoms. The van der Waals surface area contributed by atoms with Gasteiger partial charge in [-0.15, -0.1) is 11.8 Å². The predicted molar refractivity (Wildman–Crippen MR) is 147 cm³/mol. The molecule has 1 heterocycles. The van der Waals surface area contributed by atoms with Crippen LogP contribution in [0.25, 0.3) is 0 Å². The maximum Gasteiger partial charge on any atom is 0.300 e. The first-order valence-corrected chi connectivity index (χ1v) is 12.7. The molecule has 2 aromatic carbocycles. The van der Waals surface area contributed by atoms with Crippen LogP contribution in [0.4, 0.5) is 15.8 Å². The van der Waals surface area contributed by atoms with Gasteiger partial charge in [0.15, 0.2) is 5.75 Å². The molecule has 6 nitrogen and oxygen atoms in total. The van der Waals surface area contributed by atoms with Gasteiger partial charge >= 0.3 is 0 Å². The van der Waals surface area contributed by atoms with Crippen LogP contribution in [0.3, 0.4) is 0 Å². The largest absolute Gasteiger partial charge is 0.484 e. The van der Waals surface area contributed by atoms with Gasteiger partial charge in [-0.2, -0.15) is 0 Å². The zero-order valence-electron chi connectivity index (χ0n) is 20.8. The normalized spacial score (nSPS) is 15.1. The number of hydrogen-bond donors (Lipinski definition) is 2. The number of aliphatic carboxylic acids is 1. The fraction of sp³-hybridized carbons (Fsp3) is 0.440. The first-order valence-electron chi connectivity index (χ1n) is 11.0. The Morgan fingerprint density at radius 3 is 2.46 bits per heavy atom. The van der Waals surface area contributed by atoms with Crippen molar-refractivity contribution < 1.29 is 19.0 Å². The number of carboxylic acid groups (broad SMARTS) is 1. The Morgan fingerprint density at radius 2 is 1.89 bits per heavy atom. The SMILES string of the molecule is CC(=O)O.Cc1ccc(F)cc1NC(C)(C)CC1CSC(COc2c(Cl)cc(N(C)C)cc2Cl)=N1. The molecule has 0 aliphatic carbocycles. The van der Waals surface area contributed by atoms with Crippen molar-refractivity contribution in [1.82, 2.24) is 0 Å². The van der Waals surface area contributed by atoms with Crippen LogP contribution in [0, 0.1) is 12.7 Å². The summed E-state index contributed by atoms with van der Waals surface area (Å²) in [7, 11) is 3.86. The molecule has 0 spiro atoms. The first kappa shape index (κ1) is 29.1. The Morgan fingerprint density at radius 1 is 1.29 bits per heavy atom. The highest BCUT2D eigenvalue weighted by atomic mass is 35.5. The number of aliphatic imine (C=N–C) groups is 1. The summed E-state index contributed by atoms with van der Waals surface area (Å²) in [6.45, 7) is 7.60. The number of rotatable bonds is 8. The number of benzene rings is 2. The highest BCUT2D eigenvalue weighted by molar-refractivity contribution is 8.14. The number of thioether (sulfide) groups is 1. The number of aryl methyl sites for hydroxylation is 1. The van der Waals surface area contributed by atoms with Crippen molar-refractivity contribution in [3.05, 3.63) is 51.8 Å². The summed E-state index contributed by atoms with van der Waals surface area (Å²) < 4.78 is 19.5. The average Bonchev–Trinajstić information content (AvgIpc) is 3.15.